The lowest BCUT2D eigenvalue weighted by molar-refractivity contribution is 0.475. The van der Waals surface area contributed by atoms with Crippen molar-refractivity contribution in [2.75, 3.05) is 0 Å². The number of phenolic OH excluding ortho intramolecular Hbond substituents is 1. The van der Waals surface area contributed by atoms with Gasteiger partial charge in [-0.25, -0.2) is 4.98 Å². The molecule has 0 aliphatic heterocycles. The van der Waals surface area contributed by atoms with Gasteiger partial charge in [-0.3, -0.25) is 4.40 Å². The standard InChI is InChI=1S/C18H14N4OS/c1-12-4-2-10-22-17(12)19-16(15-5-3-11-24-15)18(22)21-20-13-6-8-14(23)9-7-13/h2-11,23H,1H3. The third-order valence-corrected chi connectivity index (χ3v) is 4.56. The second kappa shape index (κ2) is 5.90. The maximum absolute atomic E-state index is 9.36. The summed E-state index contributed by atoms with van der Waals surface area (Å²) in [6.07, 6.45) is 1.94. The number of aromatic nitrogens is 2. The molecule has 118 valence electrons. The molecule has 0 bridgehead atoms. The van der Waals surface area contributed by atoms with E-state index in [0.29, 0.717) is 11.5 Å². The van der Waals surface area contributed by atoms with E-state index < -0.39 is 0 Å². The van der Waals surface area contributed by atoms with Gasteiger partial charge in [0.15, 0.2) is 5.82 Å². The number of hydrogen-bond donors (Lipinski definition) is 1. The molecular weight excluding hydrogens is 320 g/mol. The molecule has 3 heterocycles. The van der Waals surface area contributed by atoms with Crippen LogP contribution in [0.5, 0.6) is 5.75 Å². The smallest absolute Gasteiger partial charge is 0.188 e. The zero-order valence-electron chi connectivity index (χ0n) is 12.9. The summed E-state index contributed by atoms with van der Waals surface area (Å²) in [5, 5.41) is 20.1. The van der Waals surface area contributed by atoms with Crippen molar-refractivity contribution in [1.29, 1.82) is 0 Å². The van der Waals surface area contributed by atoms with Crippen molar-refractivity contribution in [1.82, 2.24) is 9.38 Å². The third-order valence-electron chi connectivity index (χ3n) is 3.68. The lowest BCUT2D eigenvalue weighted by Crippen LogP contribution is -1.85. The number of azo groups is 1. The summed E-state index contributed by atoms with van der Waals surface area (Å²) in [5.41, 5.74) is 3.45. The van der Waals surface area contributed by atoms with Gasteiger partial charge in [-0.2, -0.15) is 0 Å². The highest BCUT2D eigenvalue weighted by molar-refractivity contribution is 7.13. The van der Waals surface area contributed by atoms with E-state index in [1.165, 1.54) is 0 Å². The van der Waals surface area contributed by atoms with E-state index in [4.69, 9.17) is 4.98 Å². The third kappa shape index (κ3) is 2.57. The van der Waals surface area contributed by atoms with Crippen LogP contribution in [0.25, 0.3) is 16.2 Å². The normalized spacial score (nSPS) is 11.5. The van der Waals surface area contributed by atoms with Crippen molar-refractivity contribution in [3.05, 3.63) is 65.7 Å². The molecule has 24 heavy (non-hydrogen) atoms. The zero-order chi connectivity index (χ0) is 16.5. The molecule has 0 unspecified atom stereocenters. The molecule has 1 aromatic carbocycles. The monoisotopic (exact) mass is 334 g/mol. The highest BCUT2D eigenvalue weighted by Gasteiger charge is 2.15. The van der Waals surface area contributed by atoms with Crippen LogP contribution in [0.2, 0.25) is 0 Å². The molecule has 4 aromatic rings. The number of rotatable bonds is 3. The summed E-state index contributed by atoms with van der Waals surface area (Å²) in [6.45, 7) is 2.03. The molecule has 0 aliphatic rings. The van der Waals surface area contributed by atoms with Crippen molar-refractivity contribution < 1.29 is 5.11 Å². The molecule has 1 N–H and O–H groups in total. The topological polar surface area (TPSA) is 62.2 Å². The lowest BCUT2D eigenvalue weighted by atomic mass is 10.3. The summed E-state index contributed by atoms with van der Waals surface area (Å²) in [4.78, 5) is 5.81. The van der Waals surface area contributed by atoms with Crippen LogP contribution in [0.15, 0.2) is 70.3 Å². The highest BCUT2D eigenvalue weighted by atomic mass is 32.1. The average Bonchev–Trinajstić information content (AvgIpc) is 3.22. The van der Waals surface area contributed by atoms with Crippen molar-refractivity contribution in [3.8, 4) is 16.3 Å². The van der Waals surface area contributed by atoms with Gasteiger partial charge in [0, 0.05) is 6.20 Å². The van der Waals surface area contributed by atoms with Gasteiger partial charge in [-0.1, -0.05) is 12.1 Å². The van der Waals surface area contributed by atoms with Crippen molar-refractivity contribution in [3.63, 3.8) is 0 Å². The van der Waals surface area contributed by atoms with E-state index in [9.17, 15) is 5.11 Å². The number of aryl methyl sites for hydroxylation is 1. The zero-order valence-corrected chi connectivity index (χ0v) is 13.7. The highest BCUT2D eigenvalue weighted by Crippen LogP contribution is 2.35. The minimum Gasteiger partial charge on any atom is -0.508 e. The van der Waals surface area contributed by atoms with E-state index in [-0.39, 0.29) is 5.75 Å². The van der Waals surface area contributed by atoms with Gasteiger partial charge in [0.05, 0.1) is 10.6 Å². The Kier molecular flexibility index (Phi) is 3.59. The summed E-state index contributed by atoms with van der Waals surface area (Å²) >= 11 is 1.62. The fraction of sp³-hybridized carbons (Fsp3) is 0.0556. The van der Waals surface area contributed by atoms with Crippen LogP contribution in [-0.4, -0.2) is 14.5 Å². The molecule has 0 saturated heterocycles. The van der Waals surface area contributed by atoms with Crippen LogP contribution in [0, 0.1) is 6.92 Å². The molecule has 3 aromatic heterocycles. The van der Waals surface area contributed by atoms with Gasteiger partial charge in [-0.05, 0) is 54.3 Å². The van der Waals surface area contributed by atoms with Gasteiger partial charge in [-0.15, -0.1) is 21.6 Å². The van der Waals surface area contributed by atoms with Crippen molar-refractivity contribution >= 4 is 28.5 Å². The Morgan fingerprint density at radius 3 is 2.62 bits per heavy atom. The van der Waals surface area contributed by atoms with E-state index in [1.54, 1.807) is 35.6 Å². The molecule has 0 saturated carbocycles. The van der Waals surface area contributed by atoms with Gasteiger partial charge >= 0.3 is 0 Å². The van der Waals surface area contributed by atoms with Crippen LogP contribution >= 0.6 is 11.3 Å². The number of fused-ring (bicyclic) bond motifs is 1. The largest absolute Gasteiger partial charge is 0.508 e. The van der Waals surface area contributed by atoms with E-state index in [0.717, 1.165) is 21.8 Å². The van der Waals surface area contributed by atoms with Crippen LogP contribution in [-0.2, 0) is 0 Å². The molecule has 6 heteroatoms. The first kappa shape index (κ1) is 14.6. The Morgan fingerprint density at radius 2 is 1.88 bits per heavy atom. The number of aromatic hydroxyl groups is 1. The van der Waals surface area contributed by atoms with Crippen LogP contribution in [0.1, 0.15) is 5.56 Å². The molecule has 0 fully saturated rings. The Bertz CT molecular complexity index is 1020. The van der Waals surface area contributed by atoms with Gasteiger partial charge in [0.2, 0.25) is 0 Å². The molecule has 0 amide bonds. The van der Waals surface area contributed by atoms with Crippen molar-refractivity contribution in [2.45, 2.75) is 6.92 Å². The molecule has 5 nitrogen and oxygen atoms in total. The fourth-order valence-electron chi connectivity index (χ4n) is 2.49. The van der Waals surface area contributed by atoms with E-state index in [2.05, 4.69) is 10.2 Å². The van der Waals surface area contributed by atoms with Crippen LogP contribution in [0.3, 0.4) is 0 Å². The predicted molar refractivity (Wildman–Crippen MR) is 95.5 cm³/mol. The first-order valence-corrected chi connectivity index (χ1v) is 8.32. The summed E-state index contributed by atoms with van der Waals surface area (Å²) in [5.74, 6) is 0.905. The van der Waals surface area contributed by atoms with Crippen LogP contribution < -0.4 is 0 Å². The van der Waals surface area contributed by atoms with Gasteiger partial charge in [0.25, 0.3) is 0 Å². The molecule has 0 aliphatic carbocycles. The van der Waals surface area contributed by atoms with Gasteiger partial charge in [0.1, 0.15) is 17.1 Å². The second-order valence-electron chi connectivity index (χ2n) is 5.36. The average molecular weight is 334 g/mol. The minimum absolute atomic E-state index is 0.207. The number of benzene rings is 1. The predicted octanol–water partition coefficient (Wildman–Crippen LogP) is 5.49. The quantitative estimate of drug-likeness (QED) is 0.503. The molecule has 0 radical (unpaired) electrons. The fourth-order valence-corrected chi connectivity index (χ4v) is 3.20. The second-order valence-corrected chi connectivity index (χ2v) is 6.31. The van der Waals surface area contributed by atoms with E-state index >= 15 is 0 Å². The number of nitrogens with zero attached hydrogens (tertiary/aromatic N) is 4. The summed E-state index contributed by atoms with van der Waals surface area (Å²) in [7, 11) is 0. The molecule has 4 rings (SSSR count). The molecular formula is C18H14N4OS. The summed E-state index contributed by atoms with van der Waals surface area (Å²) < 4.78 is 1.95. The number of thiophene rings is 1. The Morgan fingerprint density at radius 1 is 1.04 bits per heavy atom. The number of hydrogen-bond acceptors (Lipinski definition) is 5. The van der Waals surface area contributed by atoms with Gasteiger partial charge < -0.3 is 5.11 Å². The molecule has 0 atom stereocenters. The Balaban J connectivity index is 1.88. The Hall–Kier alpha value is -2.99. The number of imidazole rings is 1. The first-order chi connectivity index (χ1) is 11.7. The number of phenols is 1. The SMILES string of the molecule is Cc1cccn2c(N=Nc3ccc(O)cc3)c(-c3cccs3)nc12. The summed E-state index contributed by atoms with van der Waals surface area (Å²) in [6, 6.07) is 14.7. The number of pyridine rings is 1. The minimum atomic E-state index is 0.207. The maximum atomic E-state index is 9.36. The lowest BCUT2D eigenvalue weighted by Gasteiger charge is -1.99. The maximum Gasteiger partial charge on any atom is 0.188 e. The van der Waals surface area contributed by atoms with Crippen molar-refractivity contribution in [2.24, 2.45) is 10.2 Å². The first-order valence-electron chi connectivity index (χ1n) is 7.45. The Labute approximate surface area is 142 Å². The molecule has 0 spiro atoms. The van der Waals surface area contributed by atoms with E-state index in [1.807, 2.05) is 47.2 Å². The van der Waals surface area contributed by atoms with Crippen LogP contribution in [0.4, 0.5) is 11.5 Å².